The number of anilines is 1. The Morgan fingerprint density at radius 2 is 1.69 bits per heavy atom. The Hall–Kier alpha value is -4.53. The van der Waals surface area contributed by atoms with Gasteiger partial charge >= 0.3 is 0 Å². The molecule has 1 aliphatic rings. The number of nitrogens with one attached hydrogen (secondary N) is 1. The lowest BCUT2D eigenvalue weighted by Gasteiger charge is -2.29. The second kappa shape index (κ2) is 12.1. The number of pyridine rings is 1. The number of benzene rings is 3. The Balaban J connectivity index is 1.19. The zero-order chi connectivity index (χ0) is 29.1. The molecule has 9 heteroatoms. The number of amides is 1. The van der Waals surface area contributed by atoms with Crippen LogP contribution in [0, 0.1) is 0 Å². The molecule has 0 atom stereocenters. The van der Waals surface area contributed by atoms with Crippen LogP contribution in [0.5, 0.6) is 17.2 Å². The van der Waals surface area contributed by atoms with Gasteiger partial charge in [0.1, 0.15) is 11.4 Å². The summed E-state index contributed by atoms with van der Waals surface area (Å²) in [5.74, 6) is 1.85. The van der Waals surface area contributed by atoms with Gasteiger partial charge in [0.15, 0.2) is 18.1 Å². The normalized spacial score (nSPS) is 13.0. The van der Waals surface area contributed by atoms with Crippen molar-refractivity contribution in [3.05, 3.63) is 107 Å². The van der Waals surface area contributed by atoms with Crippen LogP contribution in [0.25, 0.3) is 16.9 Å². The summed E-state index contributed by atoms with van der Waals surface area (Å²) in [6, 6.07) is 24.9. The molecular formula is C33H31ClN4O4. The zero-order valence-electron chi connectivity index (χ0n) is 23.5. The predicted molar refractivity (Wildman–Crippen MR) is 164 cm³/mol. The van der Waals surface area contributed by atoms with Crippen molar-refractivity contribution in [2.75, 3.05) is 32.7 Å². The average Bonchev–Trinajstić information content (AvgIpc) is 3.38. The van der Waals surface area contributed by atoms with E-state index in [2.05, 4.69) is 32.9 Å². The lowest BCUT2D eigenvalue weighted by Crippen LogP contribution is -2.30. The first-order valence-electron chi connectivity index (χ1n) is 13.7. The first-order valence-corrected chi connectivity index (χ1v) is 14.1. The van der Waals surface area contributed by atoms with Crippen molar-refractivity contribution in [2.45, 2.75) is 19.5 Å². The lowest BCUT2D eigenvalue weighted by molar-refractivity contribution is -0.118. The number of imidazole rings is 1. The van der Waals surface area contributed by atoms with Gasteiger partial charge in [-0.2, -0.15) is 0 Å². The number of rotatable bonds is 9. The van der Waals surface area contributed by atoms with Crippen LogP contribution in [-0.2, 0) is 24.3 Å². The number of carbonyl (C=O) groups excluding carboxylic acids is 1. The number of carbonyl (C=O) groups is 1. The SMILES string of the molecule is COc1cc2c(cc1OC)CN(Cc1c(-c3ccc(NC(=O)COc4ccc(Cl)cc4)cc3)nc3ccccn13)CC2. The van der Waals surface area contributed by atoms with Gasteiger partial charge in [0.05, 0.1) is 25.6 Å². The lowest BCUT2D eigenvalue weighted by atomic mass is 9.98. The van der Waals surface area contributed by atoms with Gasteiger partial charge in [0.2, 0.25) is 0 Å². The highest BCUT2D eigenvalue weighted by molar-refractivity contribution is 6.30. The number of ether oxygens (including phenoxy) is 3. The number of methoxy groups -OCH3 is 2. The molecule has 0 spiro atoms. The summed E-state index contributed by atoms with van der Waals surface area (Å²) in [6.45, 7) is 2.36. The van der Waals surface area contributed by atoms with Crippen LogP contribution >= 0.6 is 11.6 Å². The van der Waals surface area contributed by atoms with E-state index in [-0.39, 0.29) is 12.5 Å². The van der Waals surface area contributed by atoms with Gasteiger partial charge < -0.3 is 23.9 Å². The highest BCUT2D eigenvalue weighted by atomic mass is 35.5. The van der Waals surface area contributed by atoms with Crippen LogP contribution in [0.4, 0.5) is 5.69 Å². The monoisotopic (exact) mass is 582 g/mol. The number of aromatic nitrogens is 2. The molecule has 0 aliphatic carbocycles. The Morgan fingerprint density at radius 3 is 2.43 bits per heavy atom. The fraction of sp³-hybridized carbons (Fsp3) is 0.212. The third kappa shape index (κ3) is 5.91. The van der Waals surface area contributed by atoms with Crippen LogP contribution in [0.3, 0.4) is 0 Å². The molecule has 0 unspecified atom stereocenters. The van der Waals surface area contributed by atoms with E-state index in [0.717, 1.165) is 60.2 Å². The van der Waals surface area contributed by atoms with Gasteiger partial charge in [-0.05, 0) is 78.2 Å². The smallest absolute Gasteiger partial charge is 0.262 e. The average molecular weight is 583 g/mol. The Bertz CT molecular complexity index is 1720. The summed E-state index contributed by atoms with van der Waals surface area (Å²) < 4.78 is 18.8. The van der Waals surface area contributed by atoms with E-state index in [1.54, 1.807) is 38.5 Å². The van der Waals surface area contributed by atoms with Crippen molar-refractivity contribution in [3.63, 3.8) is 0 Å². The topological polar surface area (TPSA) is 77.3 Å². The van der Waals surface area contributed by atoms with E-state index < -0.39 is 0 Å². The van der Waals surface area contributed by atoms with Crippen molar-refractivity contribution < 1.29 is 19.0 Å². The minimum absolute atomic E-state index is 0.0996. The van der Waals surface area contributed by atoms with Crippen LogP contribution in [0.1, 0.15) is 16.8 Å². The first-order chi connectivity index (χ1) is 20.5. The third-order valence-electron chi connectivity index (χ3n) is 7.43. The van der Waals surface area contributed by atoms with E-state index in [9.17, 15) is 4.79 Å². The first kappa shape index (κ1) is 27.6. The van der Waals surface area contributed by atoms with Crippen molar-refractivity contribution in [1.29, 1.82) is 0 Å². The molecule has 0 fully saturated rings. The molecule has 1 aliphatic heterocycles. The largest absolute Gasteiger partial charge is 0.493 e. The maximum atomic E-state index is 12.5. The van der Waals surface area contributed by atoms with Gasteiger partial charge in [-0.3, -0.25) is 9.69 Å². The third-order valence-corrected chi connectivity index (χ3v) is 7.68. The maximum Gasteiger partial charge on any atom is 0.262 e. The Kier molecular flexibility index (Phi) is 7.99. The Morgan fingerprint density at radius 1 is 0.952 bits per heavy atom. The number of hydrogen-bond donors (Lipinski definition) is 1. The quantitative estimate of drug-likeness (QED) is 0.221. The number of nitrogens with zero attached hydrogens (tertiary/aromatic N) is 3. The number of fused-ring (bicyclic) bond motifs is 2. The van der Waals surface area contributed by atoms with Crippen molar-refractivity contribution in [2.24, 2.45) is 0 Å². The van der Waals surface area contributed by atoms with E-state index >= 15 is 0 Å². The van der Waals surface area contributed by atoms with E-state index in [0.29, 0.717) is 16.5 Å². The minimum atomic E-state index is -0.245. The molecule has 0 saturated heterocycles. The van der Waals surface area contributed by atoms with Gasteiger partial charge in [0.25, 0.3) is 5.91 Å². The van der Waals surface area contributed by atoms with Crippen LogP contribution in [-0.4, -0.2) is 47.6 Å². The summed E-state index contributed by atoms with van der Waals surface area (Å²) >= 11 is 5.91. The van der Waals surface area contributed by atoms with E-state index in [1.807, 2.05) is 42.5 Å². The molecule has 3 aromatic carbocycles. The summed E-state index contributed by atoms with van der Waals surface area (Å²) in [5, 5.41) is 3.51. The van der Waals surface area contributed by atoms with Crippen molar-refractivity contribution in [1.82, 2.24) is 14.3 Å². The van der Waals surface area contributed by atoms with Crippen molar-refractivity contribution >= 4 is 28.8 Å². The fourth-order valence-electron chi connectivity index (χ4n) is 5.31. The second-order valence-corrected chi connectivity index (χ2v) is 10.6. The second-order valence-electron chi connectivity index (χ2n) is 10.1. The molecule has 214 valence electrons. The fourth-order valence-corrected chi connectivity index (χ4v) is 5.43. The Labute approximate surface area is 249 Å². The number of halogens is 1. The summed E-state index contributed by atoms with van der Waals surface area (Å²) in [5.41, 5.74) is 7.13. The molecule has 0 bridgehead atoms. The van der Waals surface area contributed by atoms with Gasteiger partial charge in [-0.1, -0.05) is 29.8 Å². The molecule has 5 aromatic rings. The number of hydrogen-bond acceptors (Lipinski definition) is 6. The molecule has 8 nitrogen and oxygen atoms in total. The highest BCUT2D eigenvalue weighted by Gasteiger charge is 2.23. The highest BCUT2D eigenvalue weighted by Crippen LogP contribution is 2.34. The minimum Gasteiger partial charge on any atom is -0.493 e. The summed E-state index contributed by atoms with van der Waals surface area (Å²) in [6.07, 6.45) is 2.99. The van der Waals surface area contributed by atoms with E-state index in [4.69, 9.17) is 30.8 Å². The molecule has 1 N–H and O–H groups in total. The molecular weight excluding hydrogens is 552 g/mol. The molecule has 1 amide bonds. The van der Waals surface area contributed by atoms with Gasteiger partial charge in [0, 0.05) is 42.1 Å². The molecule has 6 rings (SSSR count). The zero-order valence-corrected chi connectivity index (χ0v) is 24.2. The molecule has 0 saturated carbocycles. The summed E-state index contributed by atoms with van der Waals surface area (Å²) in [4.78, 5) is 19.9. The van der Waals surface area contributed by atoms with Crippen molar-refractivity contribution in [3.8, 4) is 28.5 Å². The standard InChI is InChI=1S/C33H31ClN4O4/c1-40-29-17-23-14-16-37(19-24(23)18-30(29)41-2)20-28-33(36-31-5-3-4-15-38(28)31)22-6-10-26(11-7-22)35-32(39)21-42-27-12-8-25(34)9-13-27/h3-13,15,17-18H,14,16,19-21H2,1-2H3,(H,35,39). The predicted octanol–water partition coefficient (Wildman–Crippen LogP) is 6.25. The molecule has 2 aromatic heterocycles. The van der Waals surface area contributed by atoms with E-state index in [1.165, 1.54) is 11.1 Å². The van der Waals surface area contributed by atoms with Gasteiger partial charge in [-0.25, -0.2) is 4.98 Å². The maximum absolute atomic E-state index is 12.5. The van der Waals surface area contributed by atoms with Crippen LogP contribution in [0.2, 0.25) is 5.02 Å². The molecule has 0 radical (unpaired) electrons. The summed E-state index contributed by atoms with van der Waals surface area (Å²) in [7, 11) is 3.34. The molecule has 3 heterocycles. The molecule has 42 heavy (non-hydrogen) atoms. The van der Waals surface area contributed by atoms with Gasteiger partial charge in [-0.15, -0.1) is 0 Å². The van der Waals surface area contributed by atoms with Crippen LogP contribution in [0.15, 0.2) is 85.1 Å². The van der Waals surface area contributed by atoms with Crippen LogP contribution < -0.4 is 19.5 Å².